The zero-order valence-electron chi connectivity index (χ0n) is 19.4. The average Bonchev–Trinajstić information content (AvgIpc) is 2.82. The van der Waals surface area contributed by atoms with Crippen molar-refractivity contribution in [2.75, 3.05) is 38.5 Å². The van der Waals surface area contributed by atoms with E-state index in [1.165, 1.54) is 4.31 Å². The van der Waals surface area contributed by atoms with E-state index in [0.29, 0.717) is 25.1 Å². The van der Waals surface area contributed by atoms with Gasteiger partial charge in [-0.2, -0.15) is 4.31 Å². The number of ether oxygens (including phenoxy) is 1. The van der Waals surface area contributed by atoms with Crippen molar-refractivity contribution in [3.05, 3.63) is 54.1 Å². The van der Waals surface area contributed by atoms with Crippen LogP contribution in [0.3, 0.4) is 0 Å². The number of sulfonamides is 1. The minimum Gasteiger partial charge on any atom is -0.490 e. The molecule has 178 valence electrons. The van der Waals surface area contributed by atoms with E-state index < -0.39 is 10.0 Å². The maximum Gasteiger partial charge on any atom is 0.243 e. The van der Waals surface area contributed by atoms with Gasteiger partial charge in [0.15, 0.2) is 0 Å². The lowest BCUT2D eigenvalue weighted by molar-refractivity contribution is -0.120. The minimum absolute atomic E-state index is 0.150. The molecule has 1 unspecified atom stereocenters. The second kappa shape index (κ2) is 10.2. The van der Waals surface area contributed by atoms with Crippen molar-refractivity contribution in [1.82, 2.24) is 9.21 Å². The number of rotatable bonds is 6. The second-order valence-electron chi connectivity index (χ2n) is 9.15. The second-order valence-corrected chi connectivity index (χ2v) is 11.1. The third-order valence-electron chi connectivity index (χ3n) is 6.50. The maximum absolute atomic E-state index is 13.0. The van der Waals surface area contributed by atoms with E-state index in [4.69, 9.17) is 4.74 Å². The topological polar surface area (TPSA) is 79.0 Å². The van der Waals surface area contributed by atoms with Crippen LogP contribution in [0.4, 0.5) is 5.69 Å². The number of amides is 1. The highest BCUT2D eigenvalue weighted by atomic mass is 32.2. The molecule has 2 aliphatic rings. The first-order chi connectivity index (χ1) is 15.8. The van der Waals surface area contributed by atoms with Gasteiger partial charge >= 0.3 is 0 Å². The molecular formula is C25H33N3O4S. The van der Waals surface area contributed by atoms with Gasteiger partial charge in [0.1, 0.15) is 11.9 Å². The summed E-state index contributed by atoms with van der Waals surface area (Å²) >= 11 is 0. The van der Waals surface area contributed by atoms with E-state index >= 15 is 0 Å². The lowest BCUT2D eigenvalue weighted by atomic mass is 9.98. The Morgan fingerprint density at radius 1 is 0.970 bits per heavy atom. The van der Waals surface area contributed by atoms with Crippen LogP contribution in [0.5, 0.6) is 5.75 Å². The molecule has 7 nitrogen and oxygen atoms in total. The van der Waals surface area contributed by atoms with Crippen LogP contribution in [0, 0.1) is 12.8 Å². The summed E-state index contributed by atoms with van der Waals surface area (Å²) in [6.07, 6.45) is 3.58. The van der Waals surface area contributed by atoms with Crippen molar-refractivity contribution in [3.63, 3.8) is 0 Å². The SMILES string of the molecule is Cc1ccc(S(=O)(=O)N2CCCC(C(=O)Nc3ccc(OC4CCN(C)CC4)cc3)C2)cc1. The van der Waals surface area contributed by atoms with Crippen molar-refractivity contribution >= 4 is 21.6 Å². The summed E-state index contributed by atoms with van der Waals surface area (Å²) in [4.78, 5) is 15.5. The van der Waals surface area contributed by atoms with Crippen molar-refractivity contribution in [1.29, 1.82) is 0 Å². The van der Waals surface area contributed by atoms with Crippen molar-refractivity contribution in [2.45, 2.75) is 43.6 Å². The number of anilines is 1. The molecule has 0 aliphatic carbocycles. The smallest absolute Gasteiger partial charge is 0.243 e. The Morgan fingerprint density at radius 3 is 2.30 bits per heavy atom. The van der Waals surface area contributed by atoms with E-state index in [1.54, 1.807) is 24.3 Å². The first-order valence-electron chi connectivity index (χ1n) is 11.6. The molecule has 1 atom stereocenters. The van der Waals surface area contributed by atoms with E-state index in [0.717, 1.165) is 37.2 Å². The van der Waals surface area contributed by atoms with Crippen LogP contribution in [-0.4, -0.2) is 62.9 Å². The van der Waals surface area contributed by atoms with Crippen LogP contribution < -0.4 is 10.1 Å². The summed E-state index contributed by atoms with van der Waals surface area (Å²) in [6.45, 7) is 4.63. The zero-order valence-corrected chi connectivity index (χ0v) is 20.2. The molecule has 33 heavy (non-hydrogen) atoms. The molecule has 0 saturated carbocycles. The van der Waals surface area contributed by atoms with Gasteiger partial charge in [-0.25, -0.2) is 8.42 Å². The number of benzene rings is 2. The molecule has 1 N–H and O–H groups in total. The van der Waals surface area contributed by atoms with Gasteiger partial charge in [-0.15, -0.1) is 0 Å². The fraction of sp³-hybridized carbons (Fsp3) is 0.480. The Hall–Kier alpha value is -2.42. The summed E-state index contributed by atoms with van der Waals surface area (Å²) < 4.78 is 33.5. The standard InChI is InChI=1S/C25H33N3O4S/c1-19-5-11-24(12-6-19)33(30,31)28-15-3-4-20(18-28)25(29)26-21-7-9-22(10-8-21)32-23-13-16-27(2)17-14-23/h5-12,20,23H,3-4,13-18H2,1-2H3,(H,26,29). The first kappa shape index (κ1) is 23.7. The Morgan fingerprint density at radius 2 is 1.64 bits per heavy atom. The number of carbonyl (C=O) groups is 1. The highest BCUT2D eigenvalue weighted by Gasteiger charge is 2.33. The van der Waals surface area contributed by atoms with E-state index in [-0.39, 0.29) is 29.4 Å². The van der Waals surface area contributed by atoms with Gasteiger partial charge in [0.2, 0.25) is 15.9 Å². The Balaban J connectivity index is 1.34. The third kappa shape index (κ3) is 5.93. The zero-order chi connectivity index (χ0) is 23.4. The van der Waals surface area contributed by atoms with Gasteiger partial charge in [-0.3, -0.25) is 4.79 Å². The van der Waals surface area contributed by atoms with Crippen LogP contribution in [0.1, 0.15) is 31.2 Å². The monoisotopic (exact) mass is 471 g/mol. The van der Waals surface area contributed by atoms with Gasteiger partial charge in [0, 0.05) is 31.9 Å². The quantitative estimate of drug-likeness (QED) is 0.698. The molecular weight excluding hydrogens is 438 g/mol. The number of nitrogens with one attached hydrogen (secondary N) is 1. The fourth-order valence-corrected chi connectivity index (χ4v) is 5.91. The molecule has 2 saturated heterocycles. The Kier molecular flexibility index (Phi) is 7.36. The van der Waals surface area contributed by atoms with Crippen LogP contribution >= 0.6 is 0 Å². The molecule has 0 aromatic heterocycles. The summed E-state index contributed by atoms with van der Waals surface area (Å²) in [7, 11) is -1.49. The van der Waals surface area contributed by atoms with Crippen molar-refractivity contribution in [3.8, 4) is 5.75 Å². The van der Waals surface area contributed by atoms with Gasteiger partial charge in [0.25, 0.3) is 0 Å². The number of carbonyl (C=O) groups excluding carboxylic acids is 1. The molecule has 2 aromatic rings. The number of nitrogens with zero attached hydrogens (tertiary/aromatic N) is 2. The van der Waals surface area contributed by atoms with Crippen molar-refractivity contribution in [2.24, 2.45) is 5.92 Å². The van der Waals surface area contributed by atoms with Crippen LogP contribution in [0.25, 0.3) is 0 Å². The largest absolute Gasteiger partial charge is 0.490 e. The lowest BCUT2D eigenvalue weighted by Crippen LogP contribution is -2.43. The van der Waals surface area contributed by atoms with Crippen LogP contribution in [0.15, 0.2) is 53.4 Å². The maximum atomic E-state index is 13.0. The molecule has 2 fully saturated rings. The summed E-state index contributed by atoms with van der Waals surface area (Å²) in [5.74, 6) is 0.271. The predicted molar refractivity (Wildman–Crippen MR) is 129 cm³/mol. The molecule has 2 heterocycles. The predicted octanol–water partition coefficient (Wildman–Crippen LogP) is 3.51. The number of likely N-dealkylation sites (tertiary alicyclic amines) is 1. The first-order valence-corrected chi connectivity index (χ1v) is 13.1. The van der Waals surface area contributed by atoms with E-state index in [2.05, 4.69) is 17.3 Å². The van der Waals surface area contributed by atoms with Gasteiger partial charge < -0.3 is 15.0 Å². The molecule has 4 rings (SSSR count). The van der Waals surface area contributed by atoms with Crippen LogP contribution in [0.2, 0.25) is 0 Å². The lowest BCUT2D eigenvalue weighted by Gasteiger charge is -2.31. The molecule has 1 amide bonds. The number of aryl methyl sites for hydroxylation is 1. The van der Waals surface area contributed by atoms with Gasteiger partial charge in [-0.05, 0) is 76.1 Å². The molecule has 0 bridgehead atoms. The highest BCUT2D eigenvalue weighted by molar-refractivity contribution is 7.89. The molecule has 2 aliphatic heterocycles. The number of hydrogen-bond donors (Lipinski definition) is 1. The van der Waals surface area contributed by atoms with Crippen LogP contribution in [-0.2, 0) is 14.8 Å². The summed E-state index contributed by atoms with van der Waals surface area (Å²) in [5, 5.41) is 2.94. The molecule has 8 heteroatoms. The number of hydrogen-bond acceptors (Lipinski definition) is 5. The Bertz CT molecular complexity index is 1050. The molecule has 0 spiro atoms. The van der Waals surface area contributed by atoms with Gasteiger partial charge in [0.05, 0.1) is 10.8 Å². The molecule has 0 radical (unpaired) electrons. The third-order valence-corrected chi connectivity index (χ3v) is 8.38. The van der Waals surface area contributed by atoms with E-state index in [9.17, 15) is 13.2 Å². The average molecular weight is 472 g/mol. The summed E-state index contributed by atoms with van der Waals surface area (Å²) in [5.41, 5.74) is 1.70. The minimum atomic E-state index is -3.61. The summed E-state index contributed by atoms with van der Waals surface area (Å²) in [6, 6.07) is 14.3. The fourth-order valence-electron chi connectivity index (χ4n) is 4.39. The van der Waals surface area contributed by atoms with Gasteiger partial charge in [-0.1, -0.05) is 17.7 Å². The van der Waals surface area contributed by atoms with E-state index in [1.807, 2.05) is 31.2 Å². The Labute approximate surface area is 196 Å². The highest BCUT2D eigenvalue weighted by Crippen LogP contribution is 2.26. The normalized spacial score (nSPS) is 21.0. The van der Waals surface area contributed by atoms with Crippen molar-refractivity contribution < 1.29 is 17.9 Å². The number of piperidine rings is 2. The molecule has 2 aromatic carbocycles.